The van der Waals surface area contributed by atoms with E-state index in [1.807, 2.05) is 0 Å². The van der Waals surface area contributed by atoms with Crippen molar-refractivity contribution in [3.63, 3.8) is 0 Å². The first kappa shape index (κ1) is 10.7. The van der Waals surface area contributed by atoms with Gasteiger partial charge in [-0.2, -0.15) is 0 Å². The zero-order chi connectivity index (χ0) is 9.14. The Kier molecular flexibility index (Phi) is 4.26. The summed E-state index contributed by atoms with van der Waals surface area (Å²) >= 11 is 2.43. The van der Waals surface area contributed by atoms with Crippen LogP contribution in [0.1, 0.15) is 20.3 Å². The lowest BCUT2D eigenvalue weighted by atomic mass is 10.0. The normalized spacial score (nSPS) is 29.2. The van der Waals surface area contributed by atoms with Crippen molar-refractivity contribution in [2.24, 2.45) is 5.92 Å². The van der Waals surface area contributed by atoms with E-state index in [1.165, 1.54) is 26.1 Å². The molecule has 0 spiro atoms. The Bertz CT molecular complexity index is 138. The highest BCUT2D eigenvalue weighted by atomic mass is 127. The molecule has 72 valence electrons. The Hall–Kier alpha value is 0.650. The van der Waals surface area contributed by atoms with E-state index in [0.29, 0.717) is 0 Å². The molecule has 1 aliphatic heterocycles. The lowest BCUT2D eigenvalue weighted by Crippen LogP contribution is -2.36. The summed E-state index contributed by atoms with van der Waals surface area (Å²) in [6, 6.07) is 0.782. The Morgan fingerprint density at radius 1 is 1.25 bits per heavy atom. The molecule has 0 aromatic heterocycles. The van der Waals surface area contributed by atoms with Gasteiger partial charge in [0.25, 0.3) is 0 Å². The van der Waals surface area contributed by atoms with Crippen molar-refractivity contribution >= 4 is 22.9 Å². The average Bonchev–Trinajstić information content (AvgIpc) is 2.14. The average molecular weight is 282 g/mol. The quantitative estimate of drug-likeness (QED) is 0.536. The molecule has 1 heterocycles. The van der Waals surface area contributed by atoms with E-state index < -0.39 is 0 Å². The second kappa shape index (κ2) is 4.77. The molecular weight excluding hydrogens is 263 g/mol. The van der Waals surface area contributed by atoms with Crippen LogP contribution in [-0.4, -0.2) is 40.7 Å². The second-order valence-electron chi connectivity index (χ2n) is 3.99. The van der Waals surface area contributed by atoms with Crippen LogP contribution in [0.4, 0.5) is 0 Å². The highest BCUT2D eigenvalue weighted by molar-refractivity contribution is 14.1. The number of nitrogens with zero attached hydrogens (tertiary/aromatic N) is 2. The predicted octanol–water partition coefficient (Wildman–Crippen LogP) is 2.00. The van der Waals surface area contributed by atoms with Crippen LogP contribution < -0.4 is 0 Å². The molecule has 0 aromatic rings. The van der Waals surface area contributed by atoms with Gasteiger partial charge in [-0.15, -0.1) is 0 Å². The largest absolute Gasteiger partial charge is 0.302 e. The van der Waals surface area contributed by atoms with E-state index >= 15 is 0 Å². The molecule has 12 heavy (non-hydrogen) atoms. The summed E-state index contributed by atoms with van der Waals surface area (Å²) < 4.78 is 2.40. The first-order valence-electron chi connectivity index (χ1n) is 4.72. The van der Waals surface area contributed by atoms with E-state index in [2.05, 4.69) is 51.8 Å². The summed E-state index contributed by atoms with van der Waals surface area (Å²) in [6.07, 6.45) is 1.32. The van der Waals surface area contributed by atoms with Gasteiger partial charge in [0.1, 0.15) is 0 Å². The summed E-state index contributed by atoms with van der Waals surface area (Å²) in [5.41, 5.74) is 0. The number of hydrogen-bond donors (Lipinski definition) is 0. The molecule has 0 amide bonds. The molecule has 0 radical (unpaired) electrons. The van der Waals surface area contributed by atoms with Gasteiger partial charge in [-0.25, -0.2) is 3.11 Å². The maximum absolute atomic E-state index is 2.50. The van der Waals surface area contributed by atoms with E-state index in [-0.39, 0.29) is 0 Å². The van der Waals surface area contributed by atoms with E-state index in [0.717, 1.165) is 12.0 Å². The molecular formula is C9H19IN2. The number of hydrogen-bond acceptors (Lipinski definition) is 2. The molecule has 0 N–H and O–H groups in total. The van der Waals surface area contributed by atoms with Gasteiger partial charge < -0.3 is 4.90 Å². The Morgan fingerprint density at radius 2 is 1.92 bits per heavy atom. The molecule has 0 aromatic carbocycles. The minimum atomic E-state index is 0.782. The van der Waals surface area contributed by atoms with E-state index in [9.17, 15) is 0 Å². The first-order chi connectivity index (χ1) is 5.61. The summed E-state index contributed by atoms with van der Waals surface area (Å²) in [5.74, 6) is 0.790. The fraction of sp³-hybridized carbons (Fsp3) is 1.00. The van der Waals surface area contributed by atoms with Crippen molar-refractivity contribution in [1.82, 2.24) is 8.01 Å². The van der Waals surface area contributed by atoms with Crippen LogP contribution in [0.25, 0.3) is 0 Å². The van der Waals surface area contributed by atoms with Crippen molar-refractivity contribution in [1.29, 1.82) is 0 Å². The topological polar surface area (TPSA) is 6.48 Å². The zero-order valence-corrected chi connectivity index (χ0v) is 10.4. The lowest BCUT2D eigenvalue weighted by Gasteiger charge is -2.28. The van der Waals surface area contributed by atoms with Crippen LogP contribution in [-0.2, 0) is 0 Å². The van der Waals surface area contributed by atoms with Gasteiger partial charge in [0.15, 0.2) is 0 Å². The lowest BCUT2D eigenvalue weighted by molar-refractivity contribution is 0.201. The summed E-state index contributed by atoms with van der Waals surface area (Å²) in [5, 5.41) is 0. The maximum Gasteiger partial charge on any atom is 0.0209 e. The molecule has 0 saturated carbocycles. The van der Waals surface area contributed by atoms with E-state index in [1.54, 1.807) is 0 Å². The van der Waals surface area contributed by atoms with Gasteiger partial charge in [-0.05, 0) is 19.4 Å². The first-order valence-corrected chi connectivity index (χ1v) is 5.68. The third-order valence-electron chi connectivity index (χ3n) is 2.70. The summed E-state index contributed by atoms with van der Waals surface area (Å²) in [6.45, 7) is 8.31. The summed E-state index contributed by atoms with van der Waals surface area (Å²) in [7, 11) is 2.25. The minimum absolute atomic E-state index is 0.782. The van der Waals surface area contributed by atoms with Gasteiger partial charge in [0, 0.05) is 48.5 Å². The fourth-order valence-corrected chi connectivity index (χ4v) is 2.37. The van der Waals surface area contributed by atoms with Crippen molar-refractivity contribution in [2.45, 2.75) is 26.3 Å². The second-order valence-corrected chi connectivity index (χ2v) is 5.36. The standard InChI is InChI=1S/C9H19IN2/c1-8(2)9-4-5-12(10)7-6-11(9)3/h8-9H,4-7H2,1-3H3. The molecule has 1 unspecified atom stereocenters. The third kappa shape index (κ3) is 2.85. The van der Waals surface area contributed by atoms with Crippen LogP contribution in [0.5, 0.6) is 0 Å². The van der Waals surface area contributed by atoms with Crippen LogP contribution in [0.15, 0.2) is 0 Å². The van der Waals surface area contributed by atoms with E-state index in [4.69, 9.17) is 0 Å². The monoisotopic (exact) mass is 282 g/mol. The van der Waals surface area contributed by atoms with Crippen LogP contribution in [0.2, 0.25) is 0 Å². The highest BCUT2D eigenvalue weighted by Gasteiger charge is 2.22. The molecule has 1 atom stereocenters. The van der Waals surface area contributed by atoms with Gasteiger partial charge in [-0.1, -0.05) is 13.8 Å². The van der Waals surface area contributed by atoms with Crippen LogP contribution in [0, 0.1) is 5.92 Å². The molecule has 0 aliphatic carbocycles. The zero-order valence-electron chi connectivity index (χ0n) is 8.26. The van der Waals surface area contributed by atoms with Crippen molar-refractivity contribution in [3.8, 4) is 0 Å². The molecule has 2 nitrogen and oxygen atoms in total. The number of halogens is 1. The third-order valence-corrected chi connectivity index (χ3v) is 3.66. The molecule has 1 aliphatic rings. The SMILES string of the molecule is CC(C)C1CCN(I)CCN1C. The predicted molar refractivity (Wildman–Crippen MR) is 61.5 cm³/mol. The van der Waals surface area contributed by atoms with Crippen molar-refractivity contribution in [3.05, 3.63) is 0 Å². The number of likely N-dealkylation sites (N-methyl/N-ethyl adjacent to an activating group) is 1. The van der Waals surface area contributed by atoms with Crippen LogP contribution >= 0.6 is 22.9 Å². The molecule has 0 bridgehead atoms. The highest BCUT2D eigenvalue weighted by Crippen LogP contribution is 2.18. The Labute approximate surface area is 89.8 Å². The maximum atomic E-state index is 2.50. The Balaban J connectivity index is 2.50. The fourth-order valence-electron chi connectivity index (χ4n) is 1.88. The Morgan fingerprint density at radius 3 is 2.50 bits per heavy atom. The summed E-state index contributed by atoms with van der Waals surface area (Å²) in [4.78, 5) is 2.50. The molecule has 1 fully saturated rings. The molecule has 3 heteroatoms. The van der Waals surface area contributed by atoms with Gasteiger partial charge in [-0.3, -0.25) is 0 Å². The van der Waals surface area contributed by atoms with Gasteiger partial charge in [0.05, 0.1) is 0 Å². The van der Waals surface area contributed by atoms with Gasteiger partial charge in [0.2, 0.25) is 0 Å². The van der Waals surface area contributed by atoms with Gasteiger partial charge >= 0.3 is 0 Å². The number of rotatable bonds is 1. The minimum Gasteiger partial charge on any atom is -0.302 e. The molecule has 1 saturated heterocycles. The van der Waals surface area contributed by atoms with Crippen molar-refractivity contribution < 1.29 is 0 Å². The van der Waals surface area contributed by atoms with Crippen molar-refractivity contribution in [2.75, 3.05) is 26.7 Å². The molecule has 1 rings (SSSR count). The van der Waals surface area contributed by atoms with Crippen LogP contribution in [0.3, 0.4) is 0 Å². The smallest absolute Gasteiger partial charge is 0.0209 e.